The maximum Gasteiger partial charge on any atom is 0.262 e. The first-order valence-corrected chi connectivity index (χ1v) is 19.1. The fraction of sp³-hybridized carbons (Fsp3) is 0.415. The lowest BCUT2D eigenvalue weighted by molar-refractivity contribution is -0.136. The van der Waals surface area contributed by atoms with E-state index in [9.17, 15) is 24.0 Å². The number of nitrogens with zero attached hydrogens (tertiary/aromatic N) is 5. The number of carbonyl (C=O) groups excluding carboxylic acids is 4. The van der Waals surface area contributed by atoms with E-state index >= 15 is 0 Å². The number of piperazine rings is 1. The predicted molar refractivity (Wildman–Crippen MR) is 205 cm³/mol. The maximum atomic E-state index is 13.5. The third kappa shape index (κ3) is 6.18. The molecule has 55 heavy (non-hydrogen) atoms. The van der Waals surface area contributed by atoms with Gasteiger partial charge in [-0.1, -0.05) is 0 Å². The molecule has 0 spiro atoms. The third-order valence-electron chi connectivity index (χ3n) is 12.1. The summed E-state index contributed by atoms with van der Waals surface area (Å²) in [6, 6.07) is 16.8. The van der Waals surface area contributed by atoms with Gasteiger partial charge in [-0.25, -0.2) is 4.98 Å². The van der Waals surface area contributed by atoms with E-state index in [2.05, 4.69) is 37.1 Å². The Kier molecular flexibility index (Phi) is 8.79. The van der Waals surface area contributed by atoms with E-state index in [4.69, 9.17) is 14.5 Å². The van der Waals surface area contributed by atoms with Crippen molar-refractivity contribution in [1.29, 1.82) is 0 Å². The topological polar surface area (TPSA) is 157 Å². The summed E-state index contributed by atoms with van der Waals surface area (Å²) in [5, 5.41) is 2.65. The number of hydrogen-bond acceptors (Lipinski definition) is 11. The Bertz CT molecular complexity index is 2270. The minimum Gasteiger partial charge on any atom is -0.497 e. The molecular weight excluding hydrogens is 702 g/mol. The highest BCUT2D eigenvalue weighted by Crippen LogP contribution is 2.39. The number of fused-ring (bicyclic) bond motifs is 4. The van der Waals surface area contributed by atoms with Gasteiger partial charge in [0.05, 0.1) is 30.9 Å². The van der Waals surface area contributed by atoms with Crippen LogP contribution in [0, 0.1) is 5.92 Å². The van der Waals surface area contributed by atoms with Gasteiger partial charge in [-0.2, -0.15) is 0 Å². The molecule has 5 aliphatic heterocycles. The Morgan fingerprint density at radius 2 is 1.49 bits per heavy atom. The first-order valence-electron chi connectivity index (χ1n) is 19.1. The molecule has 6 heterocycles. The van der Waals surface area contributed by atoms with Crippen molar-refractivity contribution in [3.63, 3.8) is 0 Å². The number of benzene rings is 3. The second-order valence-electron chi connectivity index (χ2n) is 15.3. The molecule has 3 atom stereocenters. The molecule has 284 valence electrons. The average molecular weight is 746 g/mol. The lowest BCUT2D eigenvalue weighted by Crippen LogP contribution is -2.55. The number of aromatic amines is 1. The molecule has 2 N–H and O–H groups in total. The Morgan fingerprint density at radius 3 is 2.18 bits per heavy atom. The molecule has 5 aliphatic rings. The van der Waals surface area contributed by atoms with Crippen LogP contribution in [0.4, 0.5) is 11.4 Å². The summed E-state index contributed by atoms with van der Waals surface area (Å²) in [6.45, 7) is 4.91. The maximum absolute atomic E-state index is 13.5. The molecule has 4 saturated heterocycles. The normalized spacial score (nSPS) is 23.1. The third-order valence-corrected chi connectivity index (χ3v) is 12.1. The summed E-state index contributed by atoms with van der Waals surface area (Å²) < 4.78 is 10.8. The Labute approximate surface area is 317 Å². The van der Waals surface area contributed by atoms with Crippen LogP contribution in [-0.4, -0.2) is 108 Å². The second kappa shape index (κ2) is 13.8. The van der Waals surface area contributed by atoms with Crippen LogP contribution in [0.2, 0.25) is 0 Å². The van der Waals surface area contributed by atoms with E-state index in [1.165, 1.54) is 7.11 Å². The SMILES string of the molecule is COc1cc(OC)c2c(=O)[nH]c(-c3ccc(N4CCC(CN5CC6CCC(C5)N6c5ccc6c(c5)C(=O)N(C5CCC(=O)NC5=O)C6=O)CC4)cc3)nc2c1. The zero-order valence-electron chi connectivity index (χ0n) is 30.9. The highest BCUT2D eigenvalue weighted by molar-refractivity contribution is 6.23. The first kappa shape index (κ1) is 35.0. The van der Waals surface area contributed by atoms with E-state index in [0.29, 0.717) is 57.4 Å². The number of amides is 4. The summed E-state index contributed by atoms with van der Waals surface area (Å²) in [6.07, 6.45) is 4.60. The molecule has 3 unspecified atom stereocenters. The minimum atomic E-state index is -0.969. The molecule has 4 amide bonds. The van der Waals surface area contributed by atoms with Gasteiger partial charge >= 0.3 is 0 Å². The Morgan fingerprint density at radius 1 is 0.782 bits per heavy atom. The Balaban J connectivity index is 0.810. The molecule has 0 radical (unpaired) electrons. The molecule has 4 fully saturated rings. The first-order chi connectivity index (χ1) is 26.7. The van der Waals surface area contributed by atoms with Crippen molar-refractivity contribution in [3.8, 4) is 22.9 Å². The molecule has 3 aromatic carbocycles. The number of anilines is 2. The van der Waals surface area contributed by atoms with Crippen molar-refractivity contribution < 1.29 is 28.7 Å². The van der Waals surface area contributed by atoms with Gasteiger partial charge in [0.1, 0.15) is 28.8 Å². The largest absolute Gasteiger partial charge is 0.497 e. The molecule has 1 aromatic heterocycles. The van der Waals surface area contributed by atoms with Crippen LogP contribution >= 0.6 is 0 Å². The molecule has 9 rings (SSSR count). The highest BCUT2D eigenvalue weighted by atomic mass is 16.5. The van der Waals surface area contributed by atoms with Gasteiger partial charge in [0, 0.05) is 80.3 Å². The van der Waals surface area contributed by atoms with Crippen LogP contribution in [0.5, 0.6) is 11.5 Å². The quantitative estimate of drug-likeness (QED) is 0.254. The van der Waals surface area contributed by atoms with Crippen molar-refractivity contribution in [2.75, 3.05) is 56.7 Å². The molecule has 4 aromatic rings. The fourth-order valence-electron chi connectivity index (χ4n) is 9.38. The molecule has 14 heteroatoms. The van der Waals surface area contributed by atoms with Crippen molar-refractivity contribution in [2.24, 2.45) is 5.92 Å². The number of carbonyl (C=O) groups is 4. The van der Waals surface area contributed by atoms with Crippen molar-refractivity contribution in [1.82, 2.24) is 25.1 Å². The zero-order valence-corrected chi connectivity index (χ0v) is 30.9. The number of ether oxygens (including phenoxy) is 2. The van der Waals surface area contributed by atoms with Crippen LogP contribution in [-0.2, 0) is 9.59 Å². The zero-order chi connectivity index (χ0) is 38.0. The molecule has 2 bridgehead atoms. The van der Waals surface area contributed by atoms with E-state index < -0.39 is 23.8 Å². The van der Waals surface area contributed by atoms with Gasteiger partial charge in [0.25, 0.3) is 17.4 Å². The van der Waals surface area contributed by atoms with Crippen LogP contribution in [0.15, 0.2) is 59.4 Å². The second-order valence-corrected chi connectivity index (χ2v) is 15.3. The summed E-state index contributed by atoms with van der Waals surface area (Å²) in [4.78, 5) is 80.1. The van der Waals surface area contributed by atoms with Crippen LogP contribution in [0.25, 0.3) is 22.3 Å². The van der Waals surface area contributed by atoms with Crippen LogP contribution in [0.3, 0.4) is 0 Å². The minimum absolute atomic E-state index is 0.0972. The fourth-order valence-corrected chi connectivity index (χ4v) is 9.38. The summed E-state index contributed by atoms with van der Waals surface area (Å²) in [5.74, 6) is 0.147. The Hall–Kier alpha value is -5.76. The standard InChI is InChI=1S/C41H43N7O7/c1-54-29-18-32-36(34(19-29)55-2)39(51)44-37(42-32)24-3-5-25(6-4-24)46-15-13-23(14-16-46)20-45-21-27-7-8-28(22-45)47(27)26-9-10-30-31(17-26)41(53)48(40(30)52)33-11-12-35(49)43-38(33)50/h3-6,9-10,17-19,23,27-28,33H,7-8,11-16,20-22H2,1-2H3,(H,42,44,51)(H,43,49,50). The lowest BCUT2D eigenvalue weighted by Gasteiger charge is -2.44. The van der Waals surface area contributed by atoms with Gasteiger partial charge in [0.15, 0.2) is 0 Å². The van der Waals surface area contributed by atoms with Gasteiger partial charge in [0.2, 0.25) is 11.8 Å². The van der Waals surface area contributed by atoms with Crippen molar-refractivity contribution >= 4 is 45.9 Å². The smallest absolute Gasteiger partial charge is 0.262 e. The van der Waals surface area contributed by atoms with Crippen molar-refractivity contribution in [2.45, 2.75) is 56.7 Å². The van der Waals surface area contributed by atoms with E-state index in [1.807, 2.05) is 24.3 Å². The van der Waals surface area contributed by atoms with Gasteiger partial charge in [-0.3, -0.25) is 39.1 Å². The number of hydrogen-bond donors (Lipinski definition) is 2. The van der Waals surface area contributed by atoms with E-state index in [0.717, 1.165) is 80.2 Å². The summed E-state index contributed by atoms with van der Waals surface area (Å²) >= 11 is 0. The lowest BCUT2D eigenvalue weighted by atomic mass is 9.95. The number of piperidine rings is 2. The van der Waals surface area contributed by atoms with Crippen LogP contribution < -0.4 is 30.1 Å². The number of nitrogens with one attached hydrogen (secondary N) is 2. The van der Waals surface area contributed by atoms with Gasteiger partial charge in [-0.15, -0.1) is 0 Å². The molecular formula is C41H43N7O7. The number of H-pyrrole nitrogens is 1. The molecule has 0 saturated carbocycles. The number of methoxy groups -OCH3 is 2. The van der Waals surface area contributed by atoms with Crippen LogP contribution in [0.1, 0.15) is 59.2 Å². The number of rotatable bonds is 8. The highest BCUT2D eigenvalue weighted by Gasteiger charge is 2.46. The number of aromatic nitrogens is 2. The summed E-state index contributed by atoms with van der Waals surface area (Å²) in [7, 11) is 3.09. The number of likely N-dealkylation sites (tertiary alicyclic amines) is 1. The monoisotopic (exact) mass is 745 g/mol. The summed E-state index contributed by atoms with van der Waals surface area (Å²) in [5.41, 5.74) is 3.80. The average Bonchev–Trinajstić information content (AvgIpc) is 3.61. The predicted octanol–water partition coefficient (Wildman–Crippen LogP) is 3.58. The van der Waals surface area contributed by atoms with Crippen molar-refractivity contribution in [3.05, 3.63) is 76.1 Å². The van der Waals surface area contributed by atoms with E-state index in [1.54, 1.807) is 25.3 Å². The van der Waals surface area contributed by atoms with Gasteiger partial charge in [-0.05, 0) is 80.5 Å². The molecule has 0 aliphatic carbocycles. The van der Waals surface area contributed by atoms with E-state index in [-0.39, 0.29) is 24.3 Å². The van der Waals surface area contributed by atoms with Gasteiger partial charge < -0.3 is 24.3 Å². The molecule has 14 nitrogen and oxygen atoms in total. The number of imide groups is 2.